The molecule has 26 heavy (non-hydrogen) atoms. The first-order valence-corrected chi connectivity index (χ1v) is 9.54. The lowest BCUT2D eigenvalue weighted by Crippen LogP contribution is -2.35. The molecule has 5 nitrogen and oxygen atoms in total. The first-order chi connectivity index (χ1) is 12.7. The average molecular weight is 374 g/mol. The Morgan fingerprint density at radius 2 is 1.88 bits per heavy atom. The van der Waals surface area contributed by atoms with Crippen LogP contribution in [0.4, 0.5) is 5.82 Å². The summed E-state index contributed by atoms with van der Waals surface area (Å²) in [5.41, 5.74) is 10.5. The van der Waals surface area contributed by atoms with Crippen molar-refractivity contribution in [2.24, 2.45) is 0 Å². The SMILES string of the molecule is Nc1ncc(-c2ccc(C3CCOCC3)c([C@@H]3COCCN3)c2)cc1Cl. The van der Waals surface area contributed by atoms with Crippen molar-refractivity contribution in [2.45, 2.75) is 24.8 Å². The fourth-order valence-electron chi connectivity index (χ4n) is 3.81. The largest absolute Gasteiger partial charge is 0.382 e. The first-order valence-electron chi connectivity index (χ1n) is 9.16. The molecule has 1 atom stereocenters. The second kappa shape index (κ2) is 7.92. The summed E-state index contributed by atoms with van der Waals surface area (Å²) in [7, 11) is 0. The zero-order valence-electron chi connectivity index (χ0n) is 14.7. The predicted octanol–water partition coefficient (Wildman–Crippen LogP) is 3.54. The van der Waals surface area contributed by atoms with Gasteiger partial charge in [-0.05, 0) is 47.6 Å². The predicted molar refractivity (Wildman–Crippen MR) is 103 cm³/mol. The number of benzene rings is 1. The summed E-state index contributed by atoms with van der Waals surface area (Å²) in [6, 6.07) is 8.74. The number of ether oxygens (including phenoxy) is 2. The van der Waals surface area contributed by atoms with Crippen LogP contribution in [0, 0.1) is 0 Å². The molecule has 3 N–H and O–H groups in total. The van der Waals surface area contributed by atoms with Crippen molar-refractivity contribution < 1.29 is 9.47 Å². The van der Waals surface area contributed by atoms with Gasteiger partial charge in [-0.1, -0.05) is 23.7 Å². The summed E-state index contributed by atoms with van der Waals surface area (Å²) in [6.07, 6.45) is 3.91. The van der Waals surface area contributed by atoms with Gasteiger partial charge in [0.15, 0.2) is 0 Å². The van der Waals surface area contributed by atoms with Crippen molar-refractivity contribution in [3.8, 4) is 11.1 Å². The molecule has 2 aliphatic rings. The Morgan fingerprint density at radius 1 is 1.04 bits per heavy atom. The highest BCUT2D eigenvalue weighted by atomic mass is 35.5. The van der Waals surface area contributed by atoms with Crippen LogP contribution in [0.2, 0.25) is 5.02 Å². The molecule has 1 aromatic carbocycles. The first kappa shape index (κ1) is 17.7. The normalized spacial score (nSPS) is 21.7. The number of rotatable bonds is 3. The number of nitrogens with zero attached hydrogens (tertiary/aromatic N) is 1. The van der Waals surface area contributed by atoms with E-state index in [1.807, 2.05) is 6.07 Å². The molecule has 0 aliphatic carbocycles. The van der Waals surface area contributed by atoms with Gasteiger partial charge in [-0.15, -0.1) is 0 Å². The van der Waals surface area contributed by atoms with Crippen molar-refractivity contribution in [1.82, 2.24) is 10.3 Å². The zero-order chi connectivity index (χ0) is 17.9. The Kier molecular flexibility index (Phi) is 5.41. The van der Waals surface area contributed by atoms with Gasteiger partial charge in [-0.2, -0.15) is 0 Å². The number of morpholine rings is 1. The van der Waals surface area contributed by atoms with Crippen molar-refractivity contribution in [3.05, 3.63) is 46.6 Å². The Bertz CT molecular complexity index is 772. The third kappa shape index (κ3) is 3.71. The van der Waals surface area contributed by atoms with Gasteiger partial charge in [0.25, 0.3) is 0 Å². The molecule has 1 aromatic heterocycles. The number of nitrogens with one attached hydrogen (secondary N) is 1. The molecule has 0 saturated carbocycles. The number of halogens is 1. The van der Waals surface area contributed by atoms with Crippen molar-refractivity contribution in [2.75, 3.05) is 38.7 Å². The van der Waals surface area contributed by atoms with Gasteiger partial charge in [-0.3, -0.25) is 0 Å². The zero-order valence-corrected chi connectivity index (χ0v) is 15.5. The number of aromatic nitrogens is 1. The van der Waals surface area contributed by atoms with E-state index in [0.29, 0.717) is 23.4 Å². The summed E-state index contributed by atoms with van der Waals surface area (Å²) in [6.45, 7) is 3.99. The minimum absolute atomic E-state index is 0.207. The molecule has 2 aliphatic heterocycles. The van der Waals surface area contributed by atoms with E-state index in [1.165, 1.54) is 11.1 Å². The summed E-state index contributed by atoms with van der Waals surface area (Å²) >= 11 is 6.17. The Labute approximate surface area is 158 Å². The number of anilines is 1. The van der Waals surface area contributed by atoms with E-state index in [-0.39, 0.29) is 6.04 Å². The summed E-state index contributed by atoms with van der Waals surface area (Å²) in [4.78, 5) is 4.20. The monoisotopic (exact) mass is 373 g/mol. The second-order valence-corrected chi connectivity index (χ2v) is 7.31. The molecule has 0 spiro atoms. The molecule has 4 rings (SSSR count). The molecular weight excluding hydrogens is 350 g/mol. The maximum absolute atomic E-state index is 6.17. The number of nitrogens with two attached hydrogens (primary N) is 1. The number of hydrogen-bond acceptors (Lipinski definition) is 5. The lowest BCUT2D eigenvalue weighted by atomic mass is 9.84. The Balaban J connectivity index is 1.73. The summed E-state index contributed by atoms with van der Waals surface area (Å²) < 4.78 is 11.3. The fourth-order valence-corrected chi connectivity index (χ4v) is 3.97. The Morgan fingerprint density at radius 3 is 2.62 bits per heavy atom. The van der Waals surface area contributed by atoms with Crippen LogP contribution < -0.4 is 11.1 Å². The summed E-state index contributed by atoms with van der Waals surface area (Å²) in [5.74, 6) is 0.890. The van der Waals surface area contributed by atoms with E-state index in [2.05, 4.69) is 28.5 Å². The van der Waals surface area contributed by atoms with Crippen LogP contribution in [-0.4, -0.2) is 38.0 Å². The highest BCUT2D eigenvalue weighted by Gasteiger charge is 2.25. The van der Waals surface area contributed by atoms with Crippen LogP contribution >= 0.6 is 11.6 Å². The van der Waals surface area contributed by atoms with Gasteiger partial charge in [0.1, 0.15) is 5.82 Å². The van der Waals surface area contributed by atoms with Crippen LogP contribution in [0.5, 0.6) is 0 Å². The van der Waals surface area contributed by atoms with E-state index in [9.17, 15) is 0 Å². The molecule has 0 bridgehead atoms. The van der Waals surface area contributed by atoms with Crippen LogP contribution in [0.25, 0.3) is 11.1 Å². The highest BCUT2D eigenvalue weighted by Crippen LogP contribution is 2.36. The molecule has 0 unspecified atom stereocenters. The number of pyridine rings is 1. The molecule has 0 radical (unpaired) electrons. The third-order valence-electron chi connectivity index (χ3n) is 5.25. The minimum atomic E-state index is 0.207. The Hall–Kier alpha value is -1.66. The molecular formula is C20H24ClN3O2. The molecule has 6 heteroatoms. The number of hydrogen-bond donors (Lipinski definition) is 2. The van der Waals surface area contributed by atoms with Crippen LogP contribution in [0.15, 0.2) is 30.5 Å². The van der Waals surface area contributed by atoms with Gasteiger partial charge in [0.2, 0.25) is 0 Å². The smallest absolute Gasteiger partial charge is 0.142 e. The van der Waals surface area contributed by atoms with Gasteiger partial charge >= 0.3 is 0 Å². The highest BCUT2D eigenvalue weighted by molar-refractivity contribution is 6.33. The van der Waals surface area contributed by atoms with Crippen LogP contribution in [-0.2, 0) is 9.47 Å². The van der Waals surface area contributed by atoms with E-state index in [1.54, 1.807) is 6.20 Å². The second-order valence-electron chi connectivity index (χ2n) is 6.90. The quantitative estimate of drug-likeness (QED) is 0.861. The lowest BCUT2D eigenvalue weighted by Gasteiger charge is -2.31. The maximum Gasteiger partial charge on any atom is 0.142 e. The van der Waals surface area contributed by atoms with Gasteiger partial charge < -0.3 is 20.5 Å². The molecule has 3 heterocycles. The fraction of sp³-hybridized carbons (Fsp3) is 0.450. The van der Waals surface area contributed by atoms with Crippen molar-refractivity contribution >= 4 is 17.4 Å². The number of nitrogen functional groups attached to an aromatic ring is 1. The summed E-state index contributed by atoms with van der Waals surface area (Å²) in [5, 5.41) is 4.08. The third-order valence-corrected chi connectivity index (χ3v) is 5.55. The van der Waals surface area contributed by atoms with Crippen molar-refractivity contribution in [1.29, 1.82) is 0 Å². The molecule has 0 amide bonds. The maximum atomic E-state index is 6.17. The molecule has 138 valence electrons. The van der Waals surface area contributed by atoms with E-state index in [4.69, 9.17) is 26.8 Å². The van der Waals surface area contributed by atoms with Gasteiger partial charge in [0.05, 0.1) is 24.3 Å². The van der Waals surface area contributed by atoms with Crippen LogP contribution in [0.1, 0.15) is 35.9 Å². The average Bonchev–Trinajstić information content (AvgIpc) is 2.71. The van der Waals surface area contributed by atoms with Crippen LogP contribution in [0.3, 0.4) is 0 Å². The van der Waals surface area contributed by atoms with Crippen molar-refractivity contribution in [3.63, 3.8) is 0 Å². The van der Waals surface area contributed by atoms with E-state index >= 15 is 0 Å². The molecule has 2 aromatic rings. The molecule has 2 saturated heterocycles. The van der Waals surface area contributed by atoms with Gasteiger partial charge in [-0.25, -0.2) is 4.98 Å². The van der Waals surface area contributed by atoms with E-state index in [0.717, 1.165) is 50.3 Å². The van der Waals surface area contributed by atoms with Gasteiger partial charge in [0, 0.05) is 31.5 Å². The minimum Gasteiger partial charge on any atom is -0.382 e. The van der Waals surface area contributed by atoms with E-state index < -0.39 is 0 Å². The lowest BCUT2D eigenvalue weighted by molar-refractivity contribution is 0.0740. The molecule has 2 fully saturated rings. The topological polar surface area (TPSA) is 69.4 Å². The standard InChI is InChI=1S/C20H24ClN3O2/c21-18-10-15(11-24-20(18)22)14-1-2-16(13-3-6-25-7-4-13)17(9-14)19-12-26-8-5-23-19/h1-2,9-11,13,19,23H,3-8,12H2,(H2,22,24)/t19-/m0/s1.